The molecule has 1 saturated carbocycles. The van der Waals surface area contributed by atoms with Crippen molar-refractivity contribution >= 4 is 0 Å². The number of ether oxygens (including phenoxy) is 1. The van der Waals surface area contributed by atoms with Crippen LogP contribution in [0.25, 0.3) is 0 Å². The maximum absolute atomic E-state index is 12.3. The maximum Gasteiger partial charge on any atom is 0.414 e. The molecule has 0 aromatic carbocycles. The van der Waals surface area contributed by atoms with Crippen LogP contribution in [0, 0.1) is 0 Å². The van der Waals surface area contributed by atoms with Crippen LogP contribution in [0.1, 0.15) is 32.6 Å². The van der Waals surface area contributed by atoms with Crippen molar-refractivity contribution in [2.45, 2.75) is 56.5 Å². The van der Waals surface area contributed by atoms with E-state index in [-0.39, 0.29) is 13.0 Å². The van der Waals surface area contributed by atoms with Gasteiger partial charge in [0.05, 0.1) is 12.7 Å². The molecule has 0 aliphatic heterocycles. The Labute approximate surface area is 92.8 Å². The summed E-state index contributed by atoms with van der Waals surface area (Å²) in [6.07, 6.45) is -4.46. The normalized spacial score (nSPS) is 33.8. The highest BCUT2D eigenvalue weighted by atomic mass is 19.4. The lowest BCUT2D eigenvalue weighted by Crippen LogP contribution is -2.50. The summed E-state index contributed by atoms with van der Waals surface area (Å²) in [5.74, 6) is 0. The van der Waals surface area contributed by atoms with E-state index in [4.69, 9.17) is 15.6 Å². The first-order valence-electron chi connectivity index (χ1n) is 5.39. The standard InChI is InChI=1S/C10H18F3NO2/c1-7(10(11,12)13)16-8-3-2-4-9(14,5-8)6-15/h7-8,15H,2-6,14H2,1H3. The predicted molar refractivity (Wildman–Crippen MR) is 52.9 cm³/mol. The molecule has 3 N–H and O–H groups in total. The van der Waals surface area contributed by atoms with E-state index >= 15 is 0 Å². The second kappa shape index (κ2) is 4.89. The molecule has 0 heterocycles. The molecule has 16 heavy (non-hydrogen) atoms. The van der Waals surface area contributed by atoms with E-state index in [1.807, 2.05) is 0 Å². The first kappa shape index (κ1) is 13.7. The Morgan fingerprint density at radius 2 is 2.19 bits per heavy atom. The minimum atomic E-state index is -4.34. The van der Waals surface area contributed by atoms with E-state index in [0.29, 0.717) is 19.3 Å². The minimum Gasteiger partial charge on any atom is -0.394 e. The molecule has 0 bridgehead atoms. The molecule has 1 fully saturated rings. The molecular formula is C10H18F3NO2. The third kappa shape index (κ3) is 3.61. The smallest absolute Gasteiger partial charge is 0.394 e. The number of halogens is 3. The molecule has 0 aromatic rings. The van der Waals surface area contributed by atoms with Gasteiger partial charge in [-0.25, -0.2) is 0 Å². The van der Waals surface area contributed by atoms with Crippen LogP contribution in [-0.4, -0.2) is 35.6 Å². The first-order valence-corrected chi connectivity index (χ1v) is 5.39. The van der Waals surface area contributed by atoms with Crippen molar-refractivity contribution in [3.05, 3.63) is 0 Å². The Hall–Kier alpha value is -0.330. The van der Waals surface area contributed by atoms with E-state index in [2.05, 4.69) is 0 Å². The molecule has 3 nitrogen and oxygen atoms in total. The number of aliphatic hydroxyl groups is 1. The molecular weight excluding hydrogens is 223 g/mol. The number of hydrogen-bond acceptors (Lipinski definition) is 3. The highest BCUT2D eigenvalue weighted by Gasteiger charge is 2.41. The molecule has 96 valence electrons. The SMILES string of the molecule is CC(OC1CCCC(N)(CO)C1)C(F)(F)F. The van der Waals surface area contributed by atoms with Gasteiger partial charge in [0.2, 0.25) is 0 Å². The molecule has 6 heteroatoms. The van der Waals surface area contributed by atoms with Crippen LogP contribution < -0.4 is 5.73 Å². The van der Waals surface area contributed by atoms with Gasteiger partial charge in [-0.1, -0.05) is 0 Å². The van der Waals surface area contributed by atoms with Crippen LogP contribution in [-0.2, 0) is 4.74 Å². The molecule has 3 unspecified atom stereocenters. The predicted octanol–water partition coefficient (Wildman–Crippen LogP) is 1.59. The van der Waals surface area contributed by atoms with Gasteiger partial charge in [-0.2, -0.15) is 13.2 Å². The van der Waals surface area contributed by atoms with Gasteiger partial charge in [0.25, 0.3) is 0 Å². The lowest BCUT2D eigenvalue weighted by atomic mass is 9.81. The summed E-state index contributed by atoms with van der Waals surface area (Å²) in [5.41, 5.74) is 5.04. The average Bonchev–Trinajstić information content (AvgIpc) is 2.16. The number of alkyl halides is 3. The number of hydrogen-bond donors (Lipinski definition) is 2. The molecule has 1 aliphatic rings. The van der Waals surface area contributed by atoms with Crippen molar-refractivity contribution in [2.75, 3.05) is 6.61 Å². The second-order valence-electron chi connectivity index (χ2n) is 4.56. The summed E-state index contributed by atoms with van der Waals surface area (Å²) in [5, 5.41) is 9.06. The lowest BCUT2D eigenvalue weighted by molar-refractivity contribution is -0.231. The van der Waals surface area contributed by atoms with Crippen LogP contribution in [0.3, 0.4) is 0 Å². The van der Waals surface area contributed by atoms with E-state index in [0.717, 1.165) is 6.92 Å². The fraction of sp³-hybridized carbons (Fsp3) is 1.00. The molecule has 1 aliphatic carbocycles. The Morgan fingerprint density at radius 3 is 2.69 bits per heavy atom. The van der Waals surface area contributed by atoms with Gasteiger partial charge in [0.1, 0.15) is 0 Å². The van der Waals surface area contributed by atoms with Crippen molar-refractivity contribution in [3.8, 4) is 0 Å². The van der Waals surface area contributed by atoms with Crippen LogP contribution >= 0.6 is 0 Å². The summed E-state index contributed by atoms with van der Waals surface area (Å²) in [6, 6.07) is 0. The molecule has 0 radical (unpaired) electrons. The minimum absolute atomic E-state index is 0.215. The van der Waals surface area contributed by atoms with Crippen molar-refractivity contribution in [1.29, 1.82) is 0 Å². The van der Waals surface area contributed by atoms with Gasteiger partial charge in [-0.15, -0.1) is 0 Å². The zero-order chi connectivity index (χ0) is 12.4. The Balaban J connectivity index is 2.49. The van der Waals surface area contributed by atoms with Crippen LogP contribution in [0.5, 0.6) is 0 Å². The lowest BCUT2D eigenvalue weighted by Gasteiger charge is -2.37. The zero-order valence-corrected chi connectivity index (χ0v) is 9.26. The summed E-state index contributed by atoms with van der Waals surface area (Å²) < 4.78 is 41.8. The van der Waals surface area contributed by atoms with Gasteiger partial charge in [0, 0.05) is 5.54 Å². The number of rotatable bonds is 3. The monoisotopic (exact) mass is 241 g/mol. The van der Waals surface area contributed by atoms with Gasteiger partial charge in [0.15, 0.2) is 6.10 Å². The Bertz CT molecular complexity index is 235. The number of nitrogens with two attached hydrogens (primary N) is 1. The highest BCUT2D eigenvalue weighted by molar-refractivity contribution is 4.91. The summed E-state index contributed by atoms with van der Waals surface area (Å²) in [7, 11) is 0. The quantitative estimate of drug-likeness (QED) is 0.788. The fourth-order valence-electron chi connectivity index (χ4n) is 1.96. The topological polar surface area (TPSA) is 55.5 Å². The molecule has 0 spiro atoms. The van der Waals surface area contributed by atoms with Crippen LogP contribution in [0.4, 0.5) is 13.2 Å². The zero-order valence-electron chi connectivity index (χ0n) is 9.26. The summed E-state index contributed by atoms with van der Waals surface area (Å²) >= 11 is 0. The molecule has 0 saturated heterocycles. The fourth-order valence-corrected chi connectivity index (χ4v) is 1.96. The van der Waals surface area contributed by atoms with Crippen molar-refractivity contribution in [3.63, 3.8) is 0 Å². The maximum atomic E-state index is 12.3. The third-order valence-corrected chi connectivity index (χ3v) is 3.01. The van der Waals surface area contributed by atoms with Crippen molar-refractivity contribution in [1.82, 2.24) is 0 Å². The average molecular weight is 241 g/mol. The first-order chi connectivity index (χ1) is 7.27. The molecule has 0 aromatic heterocycles. The van der Waals surface area contributed by atoms with E-state index in [1.54, 1.807) is 0 Å². The van der Waals surface area contributed by atoms with Gasteiger partial charge >= 0.3 is 6.18 Å². The van der Waals surface area contributed by atoms with E-state index in [9.17, 15) is 13.2 Å². The largest absolute Gasteiger partial charge is 0.414 e. The third-order valence-electron chi connectivity index (χ3n) is 3.01. The summed E-state index contributed by atoms with van der Waals surface area (Å²) in [6.45, 7) is 0.777. The van der Waals surface area contributed by atoms with E-state index < -0.39 is 23.9 Å². The highest BCUT2D eigenvalue weighted by Crippen LogP contribution is 2.31. The van der Waals surface area contributed by atoms with Crippen LogP contribution in [0.15, 0.2) is 0 Å². The van der Waals surface area contributed by atoms with Gasteiger partial charge < -0.3 is 15.6 Å². The second-order valence-corrected chi connectivity index (χ2v) is 4.56. The number of aliphatic hydroxyl groups excluding tert-OH is 1. The van der Waals surface area contributed by atoms with Crippen molar-refractivity contribution in [2.24, 2.45) is 5.73 Å². The van der Waals surface area contributed by atoms with Gasteiger partial charge in [-0.3, -0.25) is 0 Å². The summed E-state index contributed by atoms with van der Waals surface area (Å²) in [4.78, 5) is 0. The van der Waals surface area contributed by atoms with E-state index in [1.165, 1.54) is 0 Å². The molecule has 1 rings (SSSR count). The Morgan fingerprint density at radius 1 is 1.56 bits per heavy atom. The van der Waals surface area contributed by atoms with Gasteiger partial charge in [-0.05, 0) is 32.6 Å². The molecule has 3 atom stereocenters. The van der Waals surface area contributed by atoms with Crippen molar-refractivity contribution < 1.29 is 23.0 Å². The Kier molecular flexibility index (Phi) is 4.20. The molecule has 0 amide bonds. The van der Waals surface area contributed by atoms with Crippen LogP contribution in [0.2, 0.25) is 0 Å².